The highest BCUT2D eigenvalue weighted by Gasteiger charge is 2.08. The van der Waals surface area contributed by atoms with E-state index in [1.165, 1.54) is 0 Å². The number of hydrogen-bond donors (Lipinski definition) is 1. The molecule has 90 valence electrons. The Morgan fingerprint density at radius 2 is 2.06 bits per heavy atom. The summed E-state index contributed by atoms with van der Waals surface area (Å²) in [5, 5.41) is 5.21. The van der Waals surface area contributed by atoms with E-state index in [-0.39, 0.29) is 0 Å². The van der Waals surface area contributed by atoms with Crippen molar-refractivity contribution in [2.75, 3.05) is 11.9 Å². The summed E-state index contributed by atoms with van der Waals surface area (Å²) < 4.78 is 0. The van der Waals surface area contributed by atoms with Crippen LogP contribution in [0.25, 0.3) is 10.9 Å². The number of halogens is 1. The first kappa shape index (κ1) is 12.2. The average Bonchev–Trinajstić information content (AvgIpc) is 2.29. The molecule has 0 saturated heterocycles. The molecule has 1 N–H and O–H groups in total. The Morgan fingerprint density at radius 3 is 2.71 bits per heavy atom. The molecule has 2 nitrogen and oxygen atoms in total. The second-order valence-corrected chi connectivity index (χ2v) is 4.88. The molecule has 1 aromatic carbocycles. The SMILES string of the molecule is CCNc1cc(C(C)C)nc2ccc(Cl)cc12. The van der Waals surface area contributed by atoms with Gasteiger partial charge in [0.2, 0.25) is 0 Å². The molecular weight excluding hydrogens is 232 g/mol. The second-order valence-electron chi connectivity index (χ2n) is 4.44. The lowest BCUT2D eigenvalue weighted by atomic mass is 10.1. The zero-order valence-electron chi connectivity index (χ0n) is 10.4. The Morgan fingerprint density at radius 1 is 1.29 bits per heavy atom. The molecule has 0 spiro atoms. The molecule has 2 aromatic rings. The minimum Gasteiger partial charge on any atom is -0.385 e. The van der Waals surface area contributed by atoms with Gasteiger partial charge in [0.05, 0.1) is 5.52 Å². The summed E-state index contributed by atoms with van der Waals surface area (Å²) >= 11 is 6.04. The Kier molecular flexibility index (Phi) is 3.53. The summed E-state index contributed by atoms with van der Waals surface area (Å²) in [4.78, 5) is 4.66. The molecule has 0 aliphatic rings. The van der Waals surface area contributed by atoms with Crippen LogP contribution >= 0.6 is 11.6 Å². The van der Waals surface area contributed by atoms with Crippen molar-refractivity contribution in [2.45, 2.75) is 26.7 Å². The predicted molar refractivity (Wildman–Crippen MR) is 75.0 cm³/mol. The number of anilines is 1. The number of pyridine rings is 1. The van der Waals surface area contributed by atoms with Gasteiger partial charge in [0, 0.05) is 28.3 Å². The monoisotopic (exact) mass is 248 g/mol. The first-order valence-corrected chi connectivity index (χ1v) is 6.33. The smallest absolute Gasteiger partial charge is 0.0727 e. The van der Waals surface area contributed by atoms with Crippen LogP contribution in [-0.4, -0.2) is 11.5 Å². The van der Waals surface area contributed by atoms with E-state index in [1.54, 1.807) is 0 Å². The van der Waals surface area contributed by atoms with E-state index in [1.807, 2.05) is 18.2 Å². The van der Waals surface area contributed by atoms with Gasteiger partial charge in [0.15, 0.2) is 0 Å². The van der Waals surface area contributed by atoms with Gasteiger partial charge in [-0.1, -0.05) is 25.4 Å². The third-order valence-corrected chi connectivity index (χ3v) is 2.98. The Labute approximate surface area is 107 Å². The van der Waals surface area contributed by atoms with Gasteiger partial charge in [-0.05, 0) is 37.1 Å². The Bertz CT molecular complexity index is 535. The molecular formula is C14H17ClN2. The number of hydrogen-bond acceptors (Lipinski definition) is 2. The molecule has 0 saturated carbocycles. The standard InChI is InChI=1S/C14H17ClN2/c1-4-16-14-8-13(9(2)3)17-12-6-5-10(15)7-11(12)14/h5-9H,4H2,1-3H3,(H,16,17). The summed E-state index contributed by atoms with van der Waals surface area (Å²) in [6.07, 6.45) is 0. The van der Waals surface area contributed by atoms with Crippen molar-refractivity contribution in [3.63, 3.8) is 0 Å². The highest BCUT2D eigenvalue weighted by Crippen LogP contribution is 2.28. The van der Waals surface area contributed by atoms with Gasteiger partial charge in [-0.2, -0.15) is 0 Å². The van der Waals surface area contributed by atoms with Crippen molar-refractivity contribution in [2.24, 2.45) is 0 Å². The Hall–Kier alpha value is -1.28. The fourth-order valence-corrected chi connectivity index (χ4v) is 2.02. The van der Waals surface area contributed by atoms with Crippen LogP contribution in [0.1, 0.15) is 32.4 Å². The maximum Gasteiger partial charge on any atom is 0.0727 e. The number of benzene rings is 1. The van der Waals surface area contributed by atoms with E-state index in [4.69, 9.17) is 11.6 Å². The van der Waals surface area contributed by atoms with Gasteiger partial charge in [-0.3, -0.25) is 4.98 Å². The minimum atomic E-state index is 0.424. The highest BCUT2D eigenvalue weighted by molar-refractivity contribution is 6.31. The van der Waals surface area contributed by atoms with Gasteiger partial charge in [-0.15, -0.1) is 0 Å². The third-order valence-electron chi connectivity index (χ3n) is 2.75. The maximum atomic E-state index is 6.04. The van der Waals surface area contributed by atoms with Crippen LogP contribution in [0.3, 0.4) is 0 Å². The van der Waals surface area contributed by atoms with Crippen LogP contribution < -0.4 is 5.32 Å². The van der Waals surface area contributed by atoms with Crippen LogP contribution in [0.4, 0.5) is 5.69 Å². The lowest BCUT2D eigenvalue weighted by Gasteiger charge is -2.12. The number of aromatic nitrogens is 1. The fraction of sp³-hybridized carbons (Fsp3) is 0.357. The quantitative estimate of drug-likeness (QED) is 0.869. The molecule has 0 fully saturated rings. The largest absolute Gasteiger partial charge is 0.385 e. The number of rotatable bonds is 3. The van der Waals surface area contributed by atoms with E-state index in [0.717, 1.165) is 33.9 Å². The van der Waals surface area contributed by atoms with Gasteiger partial charge in [0.25, 0.3) is 0 Å². The second kappa shape index (κ2) is 4.92. The van der Waals surface area contributed by atoms with Crippen LogP contribution in [0.15, 0.2) is 24.3 Å². The highest BCUT2D eigenvalue weighted by atomic mass is 35.5. The lowest BCUT2D eigenvalue weighted by Crippen LogP contribution is -2.01. The van der Waals surface area contributed by atoms with Gasteiger partial charge >= 0.3 is 0 Å². The first-order chi connectivity index (χ1) is 8.11. The number of nitrogens with one attached hydrogen (secondary N) is 1. The topological polar surface area (TPSA) is 24.9 Å². The molecule has 1 heterocycles. The molecule has 0 bridgehead atoms. The fourth-order valence-electron chi connectivity index (χ4n) is 1.85. The van der Waals surface area contributed by atoms with Crippen molar-refractivity contribution in [3.05, 3.63) is 35.0 Å². The predicted octanol–water partition coefficient (Wildman–Crippen LogP) is 4.44. The van der Waals surface area contributed by atoms with E-state index < -0.39 is 0 Å². The van der Waals surface area contributed by atoms with E-state index in [9.17, 15) is 0 Å². The van der Waals surface area contributed by atoms with Gasteiger partial charge in [-0.25, -0.2) is 0 Å². The van der Waals surface area contributed by atoms with Crippen LogP contribution in [0, 0.1) is 0 Å². The summed E-state index contributed by atoms with van der Waals surface area (Å²) in [5.41, 5.74) is 3.22. The molecule has 1 aromatic heterocycles. The van der Waals surface area contributed by atoms with Crippen LogP contribution in [0.2, 0.25) is 5.02 Å². The first-order valence-electron chi connectivity index (χ1n) is 5.96. The molecule has 0 unspecified atom stereocenters. The maximum absolute atomic E-state index is 6.04. The molecule has 2 rings (SSSR count). The van der Waals surface area contributed by atoms with Crippen molar-refractivity contribution in [1.82, 2.24) is 4.98 Å². The Balaban J connectivity index is 2.67. The van der Waals surface area contributed by atoms with Crippen LogP contribution in [-0.2, 0) is 0 Å². The molecule has 0 atom stereocenters. The van der Waals surface area contributed by atoms with E-state index >= 15 is 0 Å². The zero-order chi connectivity index (χ0) is 12.4. The third kappa shape index (κ3) is 2.52. The summed E-state index contributed by atoms with van der Waals surface area (Å²) in [6.45, 7) is 7.29. The summed E-state index contributed by atoms with van der Waals surface area (Å²) in [6, 6.07) is 7.94. The molecule has 0 radical (unpaired) electrons. The molecule has 17 heavy (non-hydrogen) atoms. The van der Waals surface area contributed by atoms with Crippen molar-refractivity contribution in [1.29, 1.82) is 0 Å². The molecule has 0 aliphatic carbocycles. The van der Waals surface area contributed by atoms with E-state index in [0.29, 0.717) is 5.92 Å². The zero-order valence-corrected chi connectivity index (χ0v) is 11.2. The molecule has 3 heteroatoms. The number of fused-ring (bicyclic) bond motifs is 1. The summed E-state index contributed by atoms with van der Waals surface area (Å²) in [7, 11) is 0. The van der Waals surface area contributed by atoms with Crippen molar-refractivity contribution < 1.29 is 0 Å². The normalized spacial score (nSPS) is 11.1. The number of nitrogens with zero attached hydrogens (tertiary/aromatic N) is 1. The molecule has 0 amide bonds. The van der Waals surface area contributed by atoms with E-state index in [2.05, 4.69) is 37.1 Å². The summed E-state index contributed by atoms with van der Waals surface area (Å²) in [5.74, 6) is 0.424. The van der Waals surface area contributed by atoms with Crippen molar-refractivity contribution >= 4 is 28.2 Å². The van der Waals surface area contributed by atoms with Crippen molar-refractivity contribution in [3.8, 4) is 0 Å². The van der Waals surface area contributed by atoms with Crippen LogP contribution in [0.5, 0.6) is 0 Å². The molecule has 0 aliphatic heterocycles. The minimum absolute atomic E-state index is 0.424. The van der Waals surface area contributed by atoms with Gasteiger partial charge in [0.1, 0.15) is 0 Å². The van der Waals surface area contributed by atoms with Gasteiger partial charge < -0.3 is 5.32 Å². The average molecular weight is 249 g/mol. The lowest BCUT2D eigenvalue weighted by molar-refractivity contribution is 0.830.